The predicted octanol–water partition coefficient (Wildman–Crippen LogP) is 3.05. The minimum atomic E-state index is -0.0319. The number of methoxy groups -OCH3 is 1. The van der Waals surface area contributed by atoms with Crippen LogP contribution in [0.15, 0.2) is 40.7 Å². The summed E-state index contributed by atoms with van der Waals surface area (Å²) in [7, 11) is 5.15. The molecule has 154 valence electrons. The Kier molecular flexibility index (Phi) is 10.9. The predicted molar refractivity (Wildman–Crippen MR) is 127 cm³/mol. The van der Waals surface area contributed by atoms with E-state index in [1.54, 1.807) is 37.4 Å². The zero-order valence-electron chi connectivity index (χ0n) is 16.8. The SMILES string of the molecule is COc1cc(CCNC(=NCC(=O)N(C)C)NCc2cccs2)ccc1C.I. The average molecular weight is 516 g/mol. The summed E-state index contributed by atoms with van der Waals surface area (Å²) >= 11 is 1.69. The van der Waals surface area contributed by atoms with Gasteiger partial charge >= 0.3 is 0 Å². The molecular formula is C20H29IN4O2S. The van der Waals surface area contributed by atoms with Gasteiger partial charge < -0.3 is 20.3 Å². The third-order valence-corrected chi connectivity index (χ3v) is 4.94. The van der Waals surface area contributed by atoms with Crippen molar-refractivity contribution >= 4 is 47.2 Å². The highest BCUT2D eigenvalue weighted by atomic mass is 127. The standard InChI is InChI=1S/C20H28N4O2S.HI/c1-15-7-8-16(12-18(15)26-4)9-10-21-20(23-14-19(25)24(2)3)22-13-17-6-5-11-27-17;/h5-8,11-12H,9-10,13-14H2,1-4H3,(H2,21,22,23);1H. The number of nitrogens with one attached hydrogen (secondary N) is 2. The van der Waals surface area contributed by atoms with Crippen LogP contribution in [-0.4, -0.2) is 51.1 Å². The maximum Gasteiger partial charge on any atom is 0.243 e. The minimum Gasteiger partial charge on any atom is -0.496 e. The monoisotopic (exact) mass is 516 g/mol. The molecule has 0 fully saturated rings. The summed E-state index contributed by atoms with van der Waals surface area (Å²) in [6.07, 6.45) is 0.831. The third kappa shape index (κ3) is 8.05. The van der Waals surface area contributed by atoms with Crippen molar-refractivity contribution in [3.63, 3.8) is 0 Å². The molecule has 0 atom stereocenters. The van der Waals surface area contributed by atoms with Gasteiger partial charge in [0.2, 0.25) is 5.91 Å². The minimum absolute atomic E-state index is 0. The highest BCUT2D eigenvalue weighted by Crippen LogP contribution is 2.19. The quantitative estimate of drug-likeness (QED) is 0.322. The Balaban J connectivity index is 0.00000392. The van der Waals surface area contributed by atoms with Crippen LogP contribution in [0.2, 0.25) is 0 Å². The first-order valence-corrected chi connectivity index (χ1v) is 9.75. The van der Waals surface area contributed by atoms with Gasteiger partial charge in [0.05, 0.1) is 13.7 Å². The number of carbonyl (C=O) groups is 1. The maximum absolute atomic E-state index is 11.8. The third-order valence-electron chi connectivity index (χ3n) is 4.06. The van der Waals surface area contributed by atoms with Crippen molar-refractivity contribution in [1.82, 2.24) is 15.5 Å². The number of guanidine groups is 1. The second-order valence-corrected chi connectivity index (χ2v) is 7.40. The van der Waals surface area contributed by atoms with Gasteiger partial charge in [0.25, 0.3) is 0 Å². The van der Waals surface area contributed by atoms with Crippen LogP contribution in [0.5, 0.6) is 5.75 Å². The number of nitrogens with zero attached hydrogens (tertiary/aromatic N) is 2. The largest absolute Gasteiger partial charge is 0.496 e. The van der Waals surface area contributed by atoms with E-state index in [0.29, 0.717) is 19.0 Å². The van der Waals surface area contributed by atoms with E-state index in [0.717, 1.165) is 17.7 Å². The molecule has 0 aliphatic heterocycles. The fourth-order valence-electron chi connectivity index (χ4n) is 2.39. The Bertz CT molecular complexity index is 764. The molecule has 1 aromatic carbocycles. The van der Waals surface area contributed by atoms with Crippen LogP contribution in [0.4, 0.5) is 0 Å². The highest BCUT2D eigenvalue weighted by molar-refractivity contribution is 14.0. The molecule has 2 aromatic rings. The number of ether oxygens (including phenoxy) is 1. The lowest BCUT2D eigenvalue weighted by atomic mass is 10.1. The Morgan fingerprint density at radius 2 is 2.04 bits per heavy atom. The smallest absolute Gasteiger partial charge is 0.243 e. The molecule has 0 aliphatic rings. The second kappa shape index (κ2) is 12.6. The second-order valence-electron chi connectivity index (χ2n) is 6.37. The number of hydrogen-bond donors (Lipinski definition) is 2. The lowest BCUT2D eigenvalue weighted by molar-refractivity contribution is -0.127. The van der Waals surface area contributed by atoms with E-state index >= 15 is 0 Å². The molecule has 0 bridgehead atoms. The van der Waals surface area contributed by atoms with Crippen molar-refractivity contribution in [1.29, 1.82) is 0 Å². The zero-order valence-corrected chi connectivity index (χ0v) is 20.0. The Hall–Kier alpha value is -1.81. The summed E-state index contributed by atoms with van der Waals surface area (Å²) in [5.74, 6) is 1.50. The molecular weight excluding hydrogens is 487 g/mol. The van der Waals surface area contributed by atoms with Gasteiger partial charge in [-0.3, -0.25) is 4.79 Å². The van der Waals surface area contributed by atoms with Gasteiger partial charge in [0.1, 0.15) is 12.3 Å². The molecule has 0 radical (unpaired) electrons. The van der Waals surface area contributed by atoms with Crippen LogP contribution in [0, 0.1) is 6.92 Å². The summed E-state index contributed by atoms with van der Waals surface area (Å²) in [6.45, 7) is 3.53. The van der Waals surface area contributed by atoms with Crippen molar-refractivity contribution in [3.05, 3.63) is 51.7 Å². The summed E-state index contributed by atoms with van der Waals surface area (Å²) in [5.41, 5.74) is 2.31. The van der Waals surface area contributed by atoms with E-state index in [9.17, 15) is 4.79 Å². The molecule has 1 amide bonds. The van der Waals surface area contributed by atoms with Gasteiger partial charge in [-0.2, -0.15) is 0 Å². The van der Waals surface area contributed by atoms with E-state index < -0.39 is 0 Å². The molecule has 0 saturated heterocycles. The molecule has 2 N–H and O–H groups in total. The number of aryl methyl sites for hydroxylation is 1. The first kappa shape index (κ1) is 24.2. The number of thiophene rings is 1. The highest BCUT2D eigenvalue weighted by Gasteiger charge is 2.06. The van der Waals surface area contributed by atoms with Crippen LogP contribution in [0.3, 0.4) is 0 Å². The molecule has 0 aliphatic carbocycles. The summed E-state index contributed by atoms with van der Waals surface area (Å²) < 4.78 is 5.38. The maximum atomic E-state index is 11.8. The fourth-order valence-corrected chi connectivity index (χ4v) is 3.04. The van der Waals surface area contributed by atoms with Gasteiger partial charge in [-0.05, 0) is 42.0 Å². The number of aliphatic imine (C=N–C) groups is 1. The molecule has 0 unspecified atom stereocenters. The first-order valence-electron chi connectivity index (χ1n) is 8.88. The van der Waals surface area contributed by atoms with E-state index in [2.05, 4.69) is 39.9 Å². The molecule has 0 spiro atoms. The normalized spacial score (nSPS) is 10.8. The topological polar surface area (TPSA) is 66.0 Å². The number of amides is 1. The van der Waals surface area contributed by atoms with Gasteiger partial charge in [0.15, 0.2) is 5.96 Å². The molecule has 1 aromatic heterocycles. The summed E-state index contributed by atoms with van der Waals surface area (Å²) in [5, 5.41) is 8.64. The van der Waals surface area contributed by atoms with Crippen LogP contribution in [0.25, 0.3) is 0 Å². The summed E-state index contributed by atoms with van der Waals surface area (Å²) in [4.78, 5) is 19.0. The van der Waals surface area contributed by atoms with Crippen LogP contribution < -0.4 is 15.4 Å². The average Bonchev–Trinajstić information content (AvgIpc) is 3.17. The number of hydrogen-bond acceptors (Lipinski definition) is 4. The van der Waals surface area contributed by atoms with E-state index in [4.69, 9.17) is 4.74 Å². The van der Waals surface area contributed by atoms with Crippen LogP contribution in [0.1, 0.15) is 16.0 Å². The van der Waals surface area contributed by atoms with Crippen LogP contribution >= 0.6 is 35.3 Å². The van der Waals surface area contributed by atoms with Crippen LogP contribution in [-0.2, 0) is 17.8 Å². The van der Waals surface area contributed by atoms with Crippen molar-refractivity contribution in [2.45, 2.75) is 19.9 Å². The number of rotatable bonds is 8. The van der Waals surface area contributed by atoms with E-state index in [-0.39, 0.29) is 36.4 Å². The molecule has 1 heterocycles. The van der Waals surface area contributed by atoms with Gasteiger partial charge in [-0.15, -0.1) is 35.3 Å². The molecule has 2 rings (SSSR count). The molecule has 28 heavy (non-hydrogen) atoms. The van der Waals surface area contributed by atoms with Gasteiger partial charge in [-0.25, -0.2) is 4.99 Å². The Labute approximate surface area is 188 Å². The van der Waals surface area contributed by atoms with Crippen molar-refractivity contribution in [3.8, 4) is 5.75 Å². The summed E-state index contributed by atoms with van der Waals surface area (Å²) in [6, 6.07) is 10.3. The van der Waals surface area contributed by atoms with E-state index in [1.807, 2.05) is 18.4 Å². The number of likely N-dealkylation sites (N-methyl/N-ethyl adjacent to an activating group) is 1. The fraction of sp³-hybridized carbons (Fsp3) is 0.400. The number of halogens is 1. The van der Waals surface area contributed by atoms with Gasteiger partial charge in [0, 0.05) is 25.5 Å². The lowest BCUT2D eigenvalue weighted by Gasteiger charge is -2.14. The Morgan fingerprint density at radius 3 is 2.68 bits per heavy atom. The van der Waals surface area contributed by atoms with E-state index in [1.165, 1.54) is 10.4 Å². The van der Waals surface area contributed by atoms with Crippen molar-refractivity contribution in [2.75, 3.05) is 34.3 Å². The Morgan fingerprint density at radius 1 is 1.25 bits per heavy atom. The number of benzene rings is 1. The van der Waals surface area contributed by atoms with Crippen molar-refractivity contribution in [2.24, 2.45) is 4.99 Å². The first-order chi connectivity index (χ1) is 13.0. The number of carbonyl (C=O) groups excluding carboxylic acids is 1. The zero-order chi connectivity index (χ0) is 19.6. The molecule has 6 nitrogen and oxygen atoms in total. The molecule has 0 saturated carbocycles. The van der Waals surface area contributed by atoms with Crippen molar-refractivity contribution < 1.29 is 9.53 Å². The van der Waals surface area contributed by atoms with Gasteiger partial charge in [-0.1, -0.05) is 18.2 Å². The lowest BCUT2D eigenvalue weighted by Crippen LogP contribution is -2.39. The molecule has 8 heteroatoms.